The normalized spacial score (nSPS) is 11.6. The number of hydrazone groups is 1. The van der Waals surface area contributed by atoms with Gasteiger partial charge in [-0.3, -0.25) is 9.36 Å². The molecular weight excluding hydrogens is 470 g/mol. The van der Waals surface area contributed by atoms with Crippen LogP contribution in [0.2, 0.25) is 0 Å². The van der Waals surface area contributed by atoms with E-state index in [4.69, 9.17) is 4.74 Å². The molecule has 1 heterocycles. The standard InChI is InChI=1S/C28H29N5O2S/c1-28(2,3)22-14-12-21(13-15-22)26-31-32-27(33(26)23-8-6-5-7-9-23)36-19-25(34)30-29-18-20-10-16-24(35-4)17-11-20/h5-18H,19H2,1-4H3,(H,30,34)/b29-18-. The zero-order chi connectivity index (χ0) is 25.5. The van der Waals surface area contributed by atoms with Gasteiger partial charge in [0.1, 0.15) is 5.75 Å². The maximum Gasteiger partial charge on any atom is 0.250 e. The number of thioether (sulfide) groups is 1. The van der Waals surface area contributed by atoms with Gasteiger partial charge in [0.2, 0.25) is 0 Å². The van der Waals surface area contributed by atoms with Gasteiger partial charge in [-0.2, -0.15) is 5.10 Å². The van der Waals surface area contributed by atoms with Crippen molar-refractivity contribution < 1.29 is 9.53 Å². The van der Waals surface area contributed by atoms with Gasteiger partial charge in [0.15, 0.2) is 11.0 Å². The van der Waals surface area contributed by atoms with Crippen molar-refractivity contribution >= 4 is 23.9 Å². The Hall–Kier alpha value is -3.91. The molecule has 0 unspecified atom stereocenters. The van der Waals surface area contributed by atoms with Gasteiger partial charge in [-0.25, -0.2) is 5.43 Å². The Labute approximate surface area is 215 Å². The number of hydrogen-bond acceptors (Lipinski definition) is 6. The summed E-state index contributed by atoms with van der Waals surface area (Å²) >= 11 is 1.31. The molecular formula is C28H29N5O2S. The number of para-hydroxylation sites is 1. The molecule has 0 radical (unpaired) electrons. The molecule has 0 spiro atoms. The number of ether oxygens (including phenoxy) is 1. The Morgan fingerprint density at radius 1 is 1.00 bits per heavy atom. The van der Waals surface area contributed by atoms with Crippen molar-refractivity contribution in [1.29, 1.82) is 0 Å². The Morgan fingerprint density at radius 2 is 1.69 bits per heavy atom. The van der Waals surface area contributed by atoms with E-state index < -0.39 is 0 Å². The highest BCUT2D eigenvalue weighted by atomic mass is 32.2. The van der Waals surface area contributed by atoms with Crippen LogP contribution in [0.15, 0.2) is 89.1 Å². The number of amides is 1. The molecule has 0 aliphatic heterocycles. The van der Waals surface area contributed by atoms with Gasteiger partial charge in [0.05, 0.1) is 19.1 Å². The van der Waals surface area contributed by atoms with Crippen molar-refractivity contribution in [3.63, 3.8) is 0 Å². The van der Waals surface area contributed by atoms with E-state index in [0.29, 0.717) is 5.16 Å². The fourth-order valence-electron chi connectivity index (χ4n) is 3.51. The lowest BCUT2D eigenvalue weighted by Crippen LogP contribution is -2.20. The zero-order valence-electron chi connectivity index (χ0n) is 20.8. The van der Waals surface area contributed by atoms with Gasteiger partial charge < -0.3 is 4.74 Å². The number of carbonyl (C=O) groups excluding carboxylic acids is 1. The van der Waals surface area contributed by atoms with Crippen molar-refractivity contribution in [2.24, 2.45) is 5.10 Å². The summed E-state index contributed by atoms with van der Waals surface area (Å²) in [6.07, 6.45) is 1.59. The average molecular weight is 500 g/mol. The molecule has 1 aromatic heterocycles. The van der Waals surface area contributed by atoms with E-state index in [1.807, 2.05) is 59.2 Å². The third kappa shape index (κ3) is 6.20. The minimum atomic E-state index is -0.233. The Kier molecular flexibility index (Phi) is 7.85. The van der Waals surface area contributed by atoms with Crippen LogP contribution in [0, 0.1) is 0 Å². The van der Waals surface area contributed by atoms with E-state index in [9.17, 15) is 4.79 Å². The molecule has 4 rings (SSSR count). The first-order valence-electron chi connectivity index (χ1n) is 11.6. The first-order chi connectivity index (χ1) is 17.3. The van der Waals surface area contributed by atoms with E-state index in [1.54, 1.807) is 13.3 Å². The third-order valence-corrected chi connectivity index (χ3v) is 6.44. The van der Waals surface area contributed by atoms with Crippen LogP contribution in [0.25, 0.3) is 17.1 Å². The summed E-state index contributed by atoms with van der Waals surface area (Å²) in [6, 6.07) is 25.7. The second-order valence-corrected chi connectivity index (χ2v) is 10.1. The van der Waals surface area contributed by atoms with E-state index >= 15 is 0 Å². The van der Waals surface area contributed by atoms with Crippen molar-refractivity contribution in [2.75, 3.05) is 12.9 Å². The lowest BCUT2D eigenvalue weighted by molar-refractivity contribution is -0.118. The zero-order valence-corrected chi connectivity index (χ0v) is 21.6. The van der Waals surface area contributed by atoms with Crippen molar-refractivity contribution in [3.05, 3.63) is 90.0 Å². The molecule has 184 valence electrons. The number of hydrogen-bond donors (Lipinski definition) is 1. The smallest absolute Gasteiger partial charge is 0.250 e. The summed E-state index contributed by atoms with van der Waals surface area (Å²) in [6.45, 7) is 6.57. The van der Waals surface area contributed by atoms with E-state index in [1.165, 1.54) is 17.3 Å². The third-order valence-electron chi connectivity index (χ3n) is 5.51. The molecule has 0 atom stereocenters. The minimum absolute atomic E-state index is 0.0653. The lowest BCUT2D eigenvalue weighted by Gasteiger charge is -2.19. The average Bonchev–Trinajstić information content (AvgIpc) is 3.32. The number of carbonyl (C=O) groups is 1. The maximum atomic E-state index is 12.4. The van der Waals surface area contributed by atoms with Gasteiger partial charge in [-0.15, -0.1) is 10.2 Å². The summed E-state index contributed by atoms with van der Waals surface area (Å²) < 4.78 is 7.12. The summed E-state index contributed by atoms with van der Waals surface area (Å²) in [5, 5.41) is 13.6. The lowest BCUT2D eigenvalue weighted by atomic mass is 9.87. The highest BCUT2D eigenvalue weighted by Crippen LogP contribution is 2.30. The number of rotatable bonds is 8. The highest BCUT2D eigenvalue weighted by molar-refractivity contribution is 7.99. The topological polar surface area (TPSA) is 81.4 Å². The molecule has 1 N–H and O–H groups in total. The SMILES string of the molecule is COc1ccc(/C=N\NC(=O)CSc2nnc(-c3ccc(C(C)(C)C)cc3)n2-c2ccccc2)cc1. The Balaban J connectivity index is 1.49. The molecule has 0 aliphatic carbocycles. The molecule has 7 nitrogen and oxygen atoms in total. The van der Waals surface area contributed by atoms with Crippen molar-refractivity contribution in [1.82, 2.24) is 20.2 Å². The van der Waals surface area contributed by atoms with Gasteiger partial charge >= 0.3 is 0 Å². The Morgan fingerprint density at radius 3 is 2.33 bits per heavy atom. The molecule has 4 aromatic rings. The minimum Gasteiger partial charge on any atom is -0.497 e. The number of nitrogens with zero attached hydrogens (tertiary/aromatic N) is 4. The van der Waals surface area contributed by atoms with Crippen LogP contribution in [0.5, 0.6) is 5.75 Å². The van der Waals surface area contributed by atoms with E-state index in [-0.39, 0.29) is 17.1 Å². The molecule has 0 bridgehead atoms. The van der Waals surface area contributed by atoms with Crippen LogP contribution < -0.4 is 10.2 Å². The predicted octanol–water partition coefficient (Wildman–Crippen LogP) is 5.48. The summed E-state index contributed by atoms with van der Waals surface area (Å²) in [5.41, 5.74) is 6.63. The molecule has 0 saturated heterocycles. The molecule has 0 aliphatic rings. The second kappa shape index (κ2) is 11.2. The predicted molar refractivity (Wildman–Crippen MR) is 145 cm³/mol. The largest absolute Gasteiger partial charge is 0.497 e. The summed E-state index contributed by atoms with van der Waals surface area (Å²) in [5.74, 6) is 1.40. The first kappa shape index (κ1) is 25.2. The molecule has 8 heteroatoms. The van der Waals surface area contributed by atoms with Crippen LogP contribution in [0.3, 0.4) is 0 Å². The quantitative estimate of drug-likeness (QED) is 0.197. The van der Waals surface area contributed by atoms with Crippen LogP contribution in [-0.2, 0) is 10.2 Å². The molecule has 1 amide bonds. The monoisotopic (exact) mass is 499 g/mol. The fourth-order valence-corrected chi connectivity index (χ4v) is 4.25. The van der Waals surface area contributed by atoms with Crippen LogP contribution >= 0.6 is 11.8 Å². The van der Waals surface area contributed by atoms with Gasteiger partial charge in [-0.05, 0) is 52.9 Å². The molecule has 0 saturated carbocycles. The van der Waals surface area contributed by atoms with Crippen LogP contribution in [0.4, 0.5) is 0 Å². The molecule has 36 heavy (non-hydrogen) atoms. The highest BCUT2D eigenvalue weighted by Gasteiger charge is 2.19. The molecule has 0 fully saturated rings. The second-order valence-electron chi connectivity index (χ2n) is 9.16. The number of nitrogens with one attached hydrogen (secondary N) is 1. The van der Waals surface area contributed by atoms with Gasteiger partial charge in [0, 0.05) is 11.3 Å². The molecule has 3 aromatic carbocycles. The number of benzene rings is 3. The van der Waals surface area contributed by atoms with Crippen molar-refractivity contribution in [2.45, 2.75) is 31.3 Å². The fraction of sp³-hybridized carbons (Fsp3) is 0.214. The summed E-state index contributed by atoms with van der Waals surface area (Å²) in [7, 11) is 1.62. The summed E-state index contributed by atoms with van der Waals surface area (Å²) in [4.78, 5) is 12.4. The van der Waals surface area contributed by atoms with E-state index in [2.05, 4.69) is 65.8 Å². The van der Waals surface area contributed by atoms with Gasteiger partial charge in [0.25, 0.3) is 5.91 Å². The van der Waals surface area contributed by atoms with Crippen molar-refractivity contribution in [3.8, 4) is 22.8 Å². The Bertz CT molecular complexity index is 1330. The maximum absolute atomic E-state index is 12.4. The number of aromatic nitrogens is 3. The van der Waals surface area contributed by atoms with Crippen LogP contribution in [-0.4, -0.2) is 39.7 Å². The number of methoxy groups -OCH3 is 1. The first-order valence-corrected chi connectivity index (χ1v) is 12.5. The van der Waals surface area contributed by atoms with Crippen LogP contribution in [0.1, 0.15) is 31.9 Å². The van der Waals surface area contributed by atoms with E-state index in [0.717, 1.165) is 28.4 Å². The van der Waals surface area contributed by atoms with Gasteiger partial charge in [-0.1, -0.05) is 75.0 Å².